The fourth-order valence-electron chi connectivity index (χ4n) is 1.32. The zero-order valence-corrected chi connectivity index (χ0v) is 9.08. The molecular formula is C12H18N2. The van der Waals surface area contributed by atoms with Crippen molar-refractivity contribution in [3.05, 3.63) is 12.2 Å². The fraction of sp³-hybridized carbons (Fsp3) is 0.667. The number of hydrogen-bond acceptors (Lipinski definition) is 2. The topological polar surface area (TPSA) is 47.6 Å². The quantitative estimate of drug-likeness (QED) is 0.602. The summed E-state index contributed by atoms with van der Waals surface area (Å²) in [5.74, 6) is 0.189. The van der Waals surface area contributed by atoms with Crippen molar-refractivity contribution in [3.8, 4) is 12.1 Å². The summed E-state index contributed by atoms with van der Waals surface area (Å²) in [7, 11) is 0. The van der Waals surface area contributed by atoms with Gasteiger partial charge in [0.05, 0.1) is 12.1 Å². The average Bonchev–Trinajstić information content (AvgIpc) is 2.19. The largest absolute Gasteiger partial charge is 0.198 e. The molecule has 2 nitrogen and oxygen atoms in total. The van der Waals surface area contributed by atoms with Crippen LogP contribution in [0, 0.1) is 34.5 Å². The SMILES string of the molecule is C=C(CCC(C#N)CC)CC(C)C#N. The lowest BCUT2D eigenvalue weighted by atomic mass is 9.95. The van der Waals surface area contributed by atoms with Crippen LogP contribution in [0.3, 0.4) is 0 Å². The maximum absolute atomic E-state index is 8.73. The lowest BCUT2D eigenvalue weighted by Gasteiger charge is -2.09. The number of nitrogens with zero attached hydrogens (tertiary/aromatic N) is 2. The molecule has 0 aromatic carbocycles. The molecule has 0 amide bonds. The van der Waals surface area contributed by atoms with Crippen LogP contribution in [0.15, 0.2) is 12.2 Å². The van der Waals surface area contributed by atoms with E-state index in [0.29, 0.717) is 0 Å². The molecule has 0 bridgehead atoms. The van der Waals surface area contributed by atoms with Crippen molar-refractivity contribution in [1.82, 2.24) is 0 Å². The maximum atomic E-state index is 8.73. The van der Waals surface area contributed by atoms with Crippen LogP contribution in [-0.2, 0) is 0 Å². The highest BCUT2D eigenvalue weighted by Gasteiger charge is 2.07. The van der Waals surface area contributed by atoms with Crippen molar-refractivity contribution in [3.63, 3.8) is 0 Å². The maximum Gasteiger partial charge on any atom is 0.0656 e. The molecule has 0 aliphatic heterocycles. The van der Waals surface area contributed by atoms with Crippen molar-refractivity contribution in [2.24, 2.45) is 11.8 Å². The molecule has 76 valence electrons. The zero-order valence-electron chi connectivity index (χ0n) is 9.08. The van der Waals surface area contributed by atoms with Gasteiger partial charge >= 0.3 is 0 Å². The highest BCUT2D eigenvalue weighted by molar-refractivity contribution is 5.00. The van der Waals surface area contributed by atoms with Crippen LogP contribution in [0.4, 0.5) is 0 Å². The Labute approximate surface area is 86.8 Å². The predicted molar refractivity (Wildman–Crippen MR) is 57.2 cm³/mol. The van der Waals surface area contributed by atoms with E-state index in [1.165, 1.54) is 0 Å². The van der Waals surface area contributed by atoms with Gasteiger partial charge < -0.3 is 0 Å². The second-order valence-corrected chi connectivity index (χ2v) is 3.76. The Balaban J connectivity index is 3.76. The summed E-state index contributed by atoms with van der Waals surface area (Å²) < 4.78 is 0. The third kappa shape index (κ3) is 5.38. The van der Waals surface area contributed by atoms with Crippen LogP contribution in [0.5, 0.6) is 0 Å². The molecule has 0 rings (SSSR count). The van der Waals surface area contributed by atoms with Crippen molar-refractivity contribution >= 4 is 0 Å². The summed E-state index contributed by atoms with van der Waals surface area (Å²) in [6, 6.07) is 4.45. The normalized spacial score (nSPS) is 13.7. The van der Waals surface area contributed by atoms with Gasteiger partial charge in [0.1, 0.15) is 0 Å². The number of rotatable bonds is 6. The van der Waals surface area contributed by atoms with Crippen molar-refractivity contribution in [1.29, 1.82) is 10.5 Å². The lowest BCUT2D eigenvalue weighted by Crippen LogP contribution is -1.98. The standard InChI is InChI=1S/C12H18N2/c1-4-12(9-14)6-5-10(2)7-11(3)8-13/h11-12H,2,4-7H2,1,3H3. The van der Waals surface area contributed by atoms with Gasteiger partial charge in [-0.1, -0.05) is 19.1 Å². The van der Waals surface area contributed by atoms with Crippen LogP contribution in [0.2, 0.25) is 0 Å². The Bertz CT molecular complexity index is 254. The van der Waals surface area contributed by atoms with E-state index in [1.54, 1.807) is 0 Å². The van der Waals surface area contributed by atoms with Gasteiger partial charge in [-0.15, -0.1) is 0 Å². The first-order valence-corrected chi connectivity index (χ1v) is 5.09. The Morgan fingerprint density at radius 2 is 2.00 bits per heavy atom. The van der Waals surface area contributed by atoms with Gasteiger partial charge in [0.25, 0.3) is 0 Å². The molecule has 0 saturated heterocycles. The highest BCUT2D eigenvalue weighted by atomic mass is 14.3. The minimum atomic E-state index is 0.0460. The first-order valence-electron chi connectivity index (χ1n) is 5.09. The third-order valence-electron chi connectivity index (χ3n) is 2.34. The minimum Gasteiger partial charge on any atom is -0.198 e. The van der Waals surface area contributed by atoms with Gasteiger partial charge in [-0.2, -0.15) is 10.5 Å². The van der Waals surface area contributed by atoms with Gasteiger partial charge in [0.2, 0.25) is 0 Å². The van der Waals surface area contributed by atoms with E-state index in [0.717, 1.165) is 31.3 Å². The summed E-state index contributed by atoms with van der Waals surface area (Å²) in [4.78, 5) is 0. The van der Waals surface area contributed by atoms with E-state index in [2.05, 4.69) is 18.7 Å². The van der Waals surface area contributed by atoms with Gasteiger partial charge in [0.15, 0.2) is 0 Å². The van der Waals surface area contributed by atoms with Gasteiger partial charge in [-0.05, 0) is 32.6 Å². The monoisotopic (exact) mass is 190 g/mol. The van der Waals surface area contributed by atoms with Crippen LogP contribution in [-0.4, -0.2) is 0 Å². The van der Waals surface area contributed by atoms with Crippen molar-refractivity contribution in [2.45, 2.75) is 39.5 Å². The molecule has 2 unspecified atom stereocenters. The molecule has 0 aliphatic carbocycles. The molecule has 2 heteroatoms. The zero-order chi connectivity index (χ0) is 11.0. The van der Waals surface area contributed by atoms with Crippen molar-refractivity contribution in [2.75, 3.05) is 0 Å². The van der Waals surface area contributed by atoms with Crippen LogP contribution in [0.1, 0.15) is 39.5 Å². The smallest absolute Gasteiger partial charge is 0.0656 e. The molecule has 0 saturated carbocycles. The minimum absolute atomic E-state index is 0.0460. The summed E-state index contributed by atoms with van der Waals surface area (Å²) in [6.07, 6.45) is 3.41. The lowest BCUT2D eigenvalue weighted by molar-refractivity contribution is 0.567. The first kappa shape index (κ1) is 12.7. The predicted octanol–water partition coefficient (Wildman–Crippen LogP) is 3.42. The second-order valence-electron chi connectivity index (χ2n) is 3.76. The Morgan fingerprint density at radius 3 is 2.43 bits per heavy atom. The average molecular weight is 190 g/mol. The van der Waals surface area contributed by atoms with Gasteiger partial charge in [0, 0.05) is 11.8 Å². The van der Waals surface area contributed by atoms with Crippen LogP contribution >= 0.6 is 0 Å². The molecule has 0 aromatic rings. The van der Waals surface area contributed by atoms with Crippen LogP contribution in [0.25, 0.3) is 0 Å². The van der Waals surface area contributed by atoms with Crippen LogP contribution < -0.4 is 0 Å². The molecule has 2 atom stereocenters. The van der Waals surface area contributed by atoms with E-state index in [9.17, 15) is 0 Å². The summed E-state index contributed by atoms with van der Waals surface area (Å²) in [6.45, 7) is 7.84. The van der Waals surface area contributed by atoms with E-state index in [1.807, 2.05) is 13.8 Å². The molecule has 0 N–H and O–H groups in total. The summed E-state index contributed by atoms with van der Waals surface area (Å²) >= 11 is 0. The molecule has 0 radical (unpaired) electrons. The Hall–Kier alpha value is -1.28. The molecule has 0 aromatic heterocycles. The number of allylic oxidation sites excluding steroid dienone is 1. The third-order valence-corrected chi connectivity index (χ3v) is 2.34. The molecule has 14 heavy (non-hydrogen) atoms. The molecule has 0 spiro atoms. The summed E-state index contributed by atoms with van der Waals surface area (Å²) in [5.41, 5.74) is 1.09. The van der Waals surface area contributed by atoms with Crippen molar-refractivity contribution < 1.29 is 0 Å². The van der Waals surface area contributed by atoms with Gasteiger partial charge in [-0.25, -0.2) is 0 Å². The first-order chi connectivity index (χ1) is 6.63. The molecule has 0 aliphatic rings. The van der Waals surface area contributed by atoms with E-state index < -0.39 is 0 Å². The van der Waals surface area contributed by atoms with Gasteiger partial charge in [-0.3, -0.25) is 0 Å². The molecular weight excluding hydrogens is 172 g/mol. The Kier molecular flexibility index (Phi) is 6.50. The van der Waals surface area contributed by atoms with E-state index in [4.69, 9.17) is 10.5 Å². The Morgan fingerprint density at radius 1 is 1.36 bits per heavy atom. The second kappa shape index (κ2) is 7.15. The highest BCUT2D eigenvalue weighted by Crippen LogP contribution is 2.18. The van der Waals surface area contributed by atoms with E-state index in [-0.39, 0.29) is 11.8 Å². The summed E-state index contributed by atoms with van der Waals surface area (Å²) in [5, 5.41) is 17.3. The number of hydrogen-bond donors (Lipinski definition) is 0. The molecule has 0 heterocycles. The molecule has 0 fully saturated rings. The number of nitriles is 2. The fourth-order valence-corrected chi connectivity index (χ4v) is 1.32. The van der Waals surface area contributed by atoms with E-state index >= 15 is 0 Å².